The normalized spacial score (nSPS) is 19.6. The lowest BCUT2D eigenvalue weighted by Gasteiger charge is -2.44. The summed E-state index contributed by atoms with van der Waals surface area (Å²) < 4.78 is 4.22. The predicted octanol–water partition coefficient (Wildman–Crippen LogP) is 3.49. The predicted molar refractivity (Wildman–Crippen MR) is 150 cm³/mol. The zero-order chi connectivity index (χ0) is 28.4. The van der Waals surface area contributed by atoms with E-state index in [2.05, 4.69) is 27.6 Å². The Labute approximate surface area is 236 Å². The molecule has 1 aliphatic carbocycles. The molecule has 3 atom stereocenters. The Balaban J connectivity index is 1.19. The van der Waals surface area contributed by atoms with Gasteiger partial charge >= 0.3 is 5.97 Å². The van der Waals surface area contributed by atoms with Crippen LogP contribution in [0.2, 0.25) is 0 Å². The second-order valence-electron chi connectivity index (χ2n) is 11.1. The van der Waals surface area contributed by atoms with Gasteiger partial charge in [0.2, 0.25) is 12.2 Å². The van der Waals surface area contributed by atoms with Crippen molar-refractivity contribution in [1.82, 2.24) is 9.47 Å². The number of aliphatic hydroxyl groups excluding tert-OH is 1. The van der Waals surface area contributed by atoms with Gasteiger partial charge in [0.1, 0.15) is 31.2 Å². The number of ketones is 1. The molecule has 8 heteroatoms. The monoisotopic (exact) mass is 546 g/mol. The quantitative estimate of drug-likeness (QED) is 0.240. The largest absolute Gasteiger partial charge is 0.477 e. The lowest BCUT2D eigenvalue weighted by Crippen LogP contribution is -2.61. The molecule has 3 aromatic carbocycles. The molecule has 7 rings (SSSR count). The number of aromatic nitrogens is 2. The van der Waals surface area contributed by atoms with Gasteiger partial charge in [0.05, 0.1) is 18.1 Å². The number of imidazole rings is 1. The molecule has 204 valence electrons. The third kappa shape index (κ3) is 4.02. The van der Waals surface area contributed by atoms with Gasteiger partial charge in [-0.1, -0.05) is 42.5 Å². The smallest absolute Gasteiger partial charge is 0.352 e. The number of amides is 1. The number of carboxylic acid groups (broad SMARTS) is 1. The van der Waals surface area contributed by atoms with Crippen LogP contribution in [0.5, 0.6) is 0 Å². The molecule has 1 fully saturated rings. The van der Waals surface area contributed by atoms with Crippen LogP contribution in [0.25, 0.3) is 16.7 Å². The Morgan fingerprint density at radius 1 is 0.976 bits per heavy atom. The van der Waals surface area contributed by atoms with Gasteiger partial charge in [-0.15, -0.1) is 0 Å². The van der Waals surface area contributed by atoms with Crippen molar-refractivity contribution in [2.75, 3.05) is 0 Å². The highest BCUT2D eigenvalue weighted by atomic mass is 16.4. The topological polar surface area (TPSA) is 104 Å². The summed E-state index contributed by atoms with van der Waals surface area (Å²) in [6, 6.07) is 21.1. The van der Waals surface area contributed by atoms with Crippen LogP contribution in [0.15, 0.2) is 91.1 Å². The highest BCUT2D eigenvalue weighted by Gasteiger charge is 2.56. The zero-order valence-electron chi connectivity index (χ0n) is 22.4. The summed E-state index contributed by atoms with van der Waals surface area (Å²) in [4.78, 5) is 39.4. The SMILES string of the molecule is C[C@@H](O)[C@H]1C(=O)N2C(C(=O)O)=C(c3ccc4c(c3)-c3cc(C[n+]5ccn(Cc6ccccc6)c5)ccc3C4=O)C[C@H]12. The summed E-state index contributed by atoms with van der Waals surface area (Å²) >= 11 is 0. The Kier molecular flexibility index (Phi) is 5.76. The summed E-state index contributed by atoms with van der Waals surface area (Å²) in [6.45, 7) is 2.97. The molecular formula is C33H28N3O5+. The summed E-state index contributed by atoms with van der Waals surface area (Å²) in [6.07, 6.45) is 5.62. The molecule has 8 nitrogen and oxygen atoms in total. The summed E-state index contributed by atoms with van der Waals surface area (Å²) in [5.41, 5.74) is 6.24. The minimum absolute atomic E-state index is 0.0356. The molecule has 4 aromatic rings. The molecule has 41 heavy (non-hydrogen) atoms. The third-order valence-corrected chi connectivity index (χ3v) is 8.48. The van der Waals surface area contributed by atoms with Gasteiger partial charge in [-0.25, -0.2) is 13.9 Å². The molecule has 1 aromatic heterocycles. The molecule has 2 aliphatic heterocycles. The molecule has 0 bridgehead atoms. The minimum atomic E-state index is -1.17. The van der Waals surface area contributed by atoms with Crippen molar-refractivity contribution in [3.63, 3.8) is 0 Å². The highest BCUT2D eigenvalue weighted by Crippen LogP contribution is 2.48. The fourth-order valence-corrected chi connectivity index (χ4v) is 6.57. The van der Waals surface area contributed by atoms with Gasteiger partial charge in [-0.3, -0.25) is 9.59 Å². The lowest BCUT2D eigenvalue weighted by atomic mass is 9.82. The first-order valence-electron chi connectivity index (χ1n) is 13.7. The second kappa shape index (κ2) is 9.38. The first-order chi connectivity index (χ1) is 19.8. The van der Waals surface area contributed by atoms with E-state index in [4.69, 9.17) is 0 Å². The van der Waals surface area contributed by atoms with Gasteiger partial charge in [0, 0.05) is 11.1 Å². The average Bonchev–Trinajstić information content (AvgIpc) is 3.62. The first-order valence-corrected chi connectivity index (χ1v) is 13.7. The van der Waals surface area contributed by atoms with Gasteiger partial charge in [0.25, 0.3) is 0 Å². The van der Waals surface area contributed by atoms with E-state index in [1.165, 1.54) is 10.5 Å². The molecular weight excluding hydrogens is 518 g/mol. The van der Waals surface area contributed by atoms with E-state index in [1.54, 1.807) is 19.1 Å². The van der Waals surface area contributed by atoms with Crippen molar-refractivity contribution in [1.29, 1.82) is 0 Å². The number of aliphatic carboxylic acids is 1. The van der Waals surface area contributed by atoms with Crippen LogP contribution in [0.3, 0.4) is 0 Å². The number of carbonyl (C=O) groups excluding carboxylic acids is 2. The number of aliphatic hydroxyl groups is 1. The molecule has 0 saturated carbocycles. The molecule has 3 heterocycles. The van der Waals surface area contributed by atoms with Crippen LogP contribution < -0.4 is 4.57 Å². The fraction of sp³-hybridized carbons (Fsp3) is 0.212. The number of β-lactam (4-membered cyclic amide) rings is 1. The third-order valence-electron chi connectivity index (χ3n) is 8.48. The van der Waals surface area contributed by atoms with Crippen LogP contribution >= 0.6 is 0 Å². The Morgan fingerprint density at radius 3 is 2.44 bits per heavy atom. The number of carbonyl (C=O) groups is 3. The van der Waals surface area contributed by atoms with Gasteiger partial charge in [-0.05, 0) is 71.0 Å². The summed E-state index contributed by atoms with van der Waals surface area (Å²) in [5.74, 6) is -2.20. The Hall–Kier alpha value is -4.82. The van der Waals surface area contributed by atoms with Crippen molar-refractivity contribution >= 4 is 23.2 Å². The van der Waals surface area contributed by atoms with Crippen molar-refractivity contribution in [2.45, 2.75) is 38.6 Å². The number of rotatable bonds is 7. The van der Waals surface area contributed by atoms with Crippen LogP contribution in [0.4, 0.5) is 0 Å². The Morgan fingerprint density at radius 2 is 1.71 bits per heavy atom. The highest BCUT2D eigenvalue weighted by molar-refractivity contribution is 6.22. The number of nitrogens with zero attached hydrogens (tertiary/aromatic N) is 3. The summed E-state index contributed by atoms with van der Waals surface area (Å²) in [5, 5.41) is 20.1. The van der Waals surface area contributed by atoms with Gasteiger partial charge < -0.3 is 15.1 Å². The number of benzene rings is 3. The van der Waals surface area contributed by atoms with Crippen molar-refractivity contribution in [2.24, 2.45) is 5.92 Å². The van der Waals surface area contributed by atoms with Crippen molar-refractivity contribution in [3.8, 4) is 11.1 Å². The molecule has 0 radical (unpaired) electrons. The number of hydrogen-bond donors (Lipinski definition) is 2. The average molecular weight is 547 g/mol. The first kappa shape index (κ1) is 25.2. The van der Waals surface area contributed by atoms with Crippen molar-refractivity contribution in [3.05, 3.63) is 119 Å². The van der Waals surface area contributed by atoms with E-state index >= 15 is 0 Å². The maximum absolute atomic E-state index is 13.2. The number of hydrogen-bond acceptors (Lipinski definition) is 4. The zero-order valence-corrected chi connectivity index (χ0v) is 22.4. The number of fused-ring (bicyclic) bond motifs is 4. The lowest BCUT2D eigenvalue weighted by molar-refractivity contribution is -0.687. The van der Waals surface area contributed by atoms with Crippen LogP contribution in [-0.2, 0) is 22.7 Å². The number of carboxylic acids is 1. The van der Waals surface area contributed by atoms with E-state index in [-0.39, 0.29) is 23.4 Å². The molecule has 1 saturated heterocycles. The van der Waals surface area contributed by atoms with Crippen molar-refractivity contribution < 1.29 is 29.2 Å². The van der Waals surface area contributed by atoms with Crippen LogP contribution in [-0.4, -0.2) is 49.5 Å². The van der Waals surface area contributed by atoms with E-state index in [0.29, 0.717) is 35.2 Å². The van der Waals surface area contributed by atoms with E-state index in [9.17, 15) is 24.6 Å². The standard InChI is InChI=1S/C33H27N3O5/c1-19(37)29-28-15-25(30(33(40)41)36(28)32(29)39)22-8-10-24-27(14-22)26-13-21(7-9-23(26)31(24)38)17-35-12-11-34(18-35)16-20-5-3-2-4-6-20/h2-14,18-19,28-29,37H,15-17H2,1H3/p+1/t19-,28-,29-/m1/s1. The van der Waals surface area contributed by atoms with Gasteiger partial charge in [-0.2, -0.15) is 0 Å². The molecule has 0 unspecified atom stereocenters. The minimum Gasteiger partial charge on any atom is -0.477 e. The molecule has 2 N–H and O–H groups in total. The van der Waals surface area contributed by atoms with Crippen LogP contribution in [0, 0.1) is 5.92 Å². The Bertz CT molecular complexity index is 1790. The van der Waals surface area contributed by atoms with Crippen LogP contribution in [0.1, 0.15) is 46.0 Å². The molecule has 1 amide bonds. The fourth-order valence-electron chi connectivity index (χ4n) is 6.57. The second-order valence-corrected chi connectivity index (χ2v) is 11.1. The van der Waals surface area contributed by atoms with E-state index < -0.39 is 18.0 Å². The maximum atomic E-state index is 13.2. The van der Waals surface area contributed by atoms with E-state index in [1.807, 2.05) is 54.9 Å². The maximum Gasteiger partial charge on any atom is 0.352 e. The van der Waals surface area contributed by atoms with E-state index in [0.717, 1.165) is 23.2 Å². The molecule has 0 spiro atoms. The van der Waals surface area contributed by atoms with Gasteiger partial charge in [0.15, 0.2) is 5.78 Å². The molecule has 3 aliphatic rings. The summed E-state index contributed by atoms with van der Waals surface area (Å²) in [7, 11) is 0.